The second-order valence-electron chi connectivity index (χ2n) is 2.94. The molecule has 0 aliphatic heterocycles. The Morgan fingerprint density at radius 1 is 1.29 bits per heavy atom. The topological polar surface area (TPSA) is 43.8 Å². The second-order valence-corrected chi connectivity index (χ2v) is 2.94. The van der Waals surface area contributed by atoms with E-state index in [0.29, 0.717) is 6.54 Å². The predicted molar refractivity (Wildman–Crippen MR) is 51.4 cm³/mol. The van der Waals surface area contributed by atoms with Crippen LogP contribution in [-0.2, 0) is 6.54 Å². The Bertz CT molecular complexity index is 419. The quantitative estimate of drug-likeness (QED) is 0.781. The first-order chi connectivity index (χ1) is 6.81. The predicted octanol–water partition coefficient (Wildman–Crippen LogP) is 1.47. The third-order valence-electron chi connectivity index (χ3n) is 2.03. The molecule has 2 N–H and O–H groups in total. The molecule has 0 saturated carbocycles. The van der Waals surface area contributed by atoms with Crippen LogP contribution in [0.3, 0.4) is 0 Å². The Morgan fingerprint density at radius 3 is 2.64 bits per heavy atom. The molecule has 3 nitrogen and oxygen atoms in total. The number of halogens is 1. The van der Waals surface area contributed by atoms with Gasteiger partial charge in [-0.15, -0.1) is 0 Å². The lowest BCUT2D eigenvalue weighted by Crippen LogP contribution is -2.04. The number of imidazole rings is 1. The van der Waals surface area contributed by atoms with Gasteiger partial charge in [0.25, 0.3) is 0 Å². The highest BCUT2D eigenvalue weighted by atomic mass is 19.1. The Labute approximate surface area is 81.0 Å². The van der Waals surface area contributed by atoms with Crippen molar-refractivity contribution in [1.82, 2.24) is 9.55 Å². The zero-order chi connectivity index (χ0) is 9.97. The van der Waals surface area contributed by atoms with Gasteiger partial charge in [-0.1, -0.05) is 0 Å². The molecule has 72 valence electrons. The van der Waals surface area contributed by atoms with Gasteiger partial charge in [0, 0.05) is 18.4 Å². The molecule has 1 heterocycles. The van der Waals surface area contributed by atoms with Crippen molar-refractivity contribution in [2.45, 2.75) is 6.54 Å². The Kier molecular flexibility index (Phi) is 2.28. The molecule has 4 heteroatoms. The largest absolute Gasteiger partial charge is 0.325 e. The number of aromatic nitrogens is 2. The van der Waals surface area contributed by atoms with E-state index in [9.17, 15) is 4.39 Å². The van der Waals surface area contributed by atoms with E-state index < -0.39 is 0 Å². The summed E-state index contributed by atoms with van der Waals surface area (Å²) in [6, 6.07) is 6.21. The summed E-state index contributed by atoms with van der Waals surface area (Å²) in [6.45, 7) is 0.414. The average molecular weight is 191 g/mol. The van der Waals surface area contributed by atoms with Crippen molar-refractivity contribution in [1.29, 1.82) is 0 Å². The summed E-state index contributed by atoms with van der Waals surface area (Å²) in [4.78, 5) is 3.98. The minimum atomic E-state index is -0.247. The van der Waals surface area contributed by atoms with Gasteiger partial charge >= 0.3 is 0 Å². The molecule has 0 unspecified atom stereocenters. The van der Waals surface area contributed by atoms with Crippen molar-refractivity contribution < 1.29 is 4.39 Å². The first-order valence-electron chi connectivity index (χ1n) is 4.28. The number of hydrogen-bond donors (Lipinski definition) is 1. The number of nitrogens with zero attached hydrogens (tertiary/aromatic N) is 2. The number of rotatable bonds is 2. The summed E-state index contributed by atoms with van der Waals surface area (Å²) < 4.78 is 14.5. The minimum Gasteiger partial charge on any atom is -0.325 e. The fraction of sp³-hybridized carbons (Fsp3) is 0.100. The van der Waals surface area contributed by atoms with Gasteiger partial charge in [0.15, 0.2) is 0 Å². The number of nitrogens with two attached hydrogens (primary N) is 1. The molecule has 1 aromatic carbocycles. The SMILES string of the molecule is NCc1cncn1-c1ccc(F)cc1. The number of hydrogen-bond acceptors (Lipinski definition) is 2. The third kappa shape index (κ3) is 1.52. The van der Waals surface area contributed by atoms with Gasteiger partial charge in [0.2, 0.25) is 0 Å². The monoisotopic (exact) mass is 191 g/mol. The molecule has 1 aromatic heterocycles. The van der Waals surface area contributed by atoms with Gasteiger partial charge in [-0.25, -0.2) is 9.37 Å². The highest BCUT2D eigenvalue weighted by Gasteiger charge is 2.01. The summed E-state index contributed by atoms with van der Waals surface area (Å²) in [5.74, 6) is -0.247. The van der Waals surface area contributed by atoms with Gasteiger partial charge in [0.1, 0.15) is 5.82 Å². The van der Waals surface area contributed by atoms with Crippen molar-refractivity contribution in [3.8, 4) is 5.69 Å². The van der Waals surface area contributed by atoms with E-state index in [1.165, 1.54) is 12.1 Å². The van der Waals surface area contributed by atoms with Gasteiger partial charge in [-0.2, -0.15) is 0 Å². The lowest BCUT2D eigenvalue weighted by atomic mass is 10.3. The Hall–Kier alpha value is -1.68. The molecular weight excluding hydrogens is 181 g/mol. The van der Waals surface area contributed by atoms with Gasteiger partial charge in [-0.05, 0) is 24.3 Å². The summed E-state index contributed by atoms with van der Waals surface area (Å²) >= 11 is 0. The van der Waals surface area contributed by atoms with Crippen LogP contribution in [-0.4, -0.2) is 9.55 Å². The molecule has 0 amide bonds. The van der Waals surface area contributed by atoms with E-state index in [2.05, 4.69) is 4.98 Å². The molecule has 14 heavy (non-hydrogen) atoms. The van der Waals surface area contributed by atoms with E-state index in [0.717, 1.165) is 11.4 Å². The second kappa shape index (κ2) is 3.59. The summed E-state index contributed by atoms with van der Waals surface area (Å²) in [7, 11) is 0. The van der Waals surface area contributed by atoms with Crippen molar-refractivity contribution in [3.63, 3.8) is 0 Å². The van der Waals surface area contributed by atoms with Crippen LogP contribution >= 0.6 is 0 Å². The zero-order valence-corrected chi connectivity index (χ0v) is 7.52. The minimum absolute atomic E-state index is 0.247. The van der Waals surface area contributed by atoms with Gasteiger partial charge in [0.05, 0.1) is 12.0 Å². The van der Waals surface area contributed by atoms with Crippen LogP contribution in [0.2, 0.25) is 0 Å². The molecule has 2 aromatic rings. The van der Waals surface area contributed by atoms with E-state index in [4.69, 9.17) is 5.73 Å². The molecule has 0 fully saturated rings. The first kappa shape index (κ1) is 8.90. The van der Waals surface area contributed by atoms with Crippen LogP contribution in [0.25, 0.3) is 5.69 Å². The normalized spacial score (nSPS) is 10.4. The van der Waals surface area contributed by atoms with Crippen molar-refractivity contribution in [2.75, 3.05) is 0 Å². The summed E-state index contributed by atoms with van der Waals surface area (Å²) in [5.41, 5.74) is 7.29. The maximum Gasteiger partial charge on any atom is 0.123 e. The van der Waals surface area contributed by atoms with Crippen LogP contribution in [0.15, 0.2) is 36.8 Å². The lowest BCUT2D eigenvalue weighted by molar-refractivity contribution is 0.627. The molecule has 0 aliphatic carbocycles. The van der Waals surface area contributed by atoms with E-state index in [1.807, 2.05) is 4.57 Å². The van der Waals surface area contributed by atoms with E-state index in [1.54, 1.807) is 24.7 Å². The molecule has 0 aliphatic rings. The average Bonchev–Trinajstić information content (AvgIpc) is 2.67. The summed E-state index contributed by atoms with van der Waals surface area (Å²) in [5, 5.41) is 0. The Morgan fingerprint density at radius 2 is 2.00 bits per heavy atom. The maximum absolute atomic E-state index is 12.7. The lowest BCUT2D eigenvalue weighted by Gasteiger charge is -2.05. The molecule has 0 bridgehead atoms. The van der Waals surface area contributed by atoms with Crippen LogP contribution in [0.4, 0.5) is 4.39 Å². The maximum atomic E-state index is 12.7. The number of benzene rings is 1. The highest BCUT2D eigenvalue weighted by molar-refractivity contribution is 5.33. The first-order valence-corrected chi connectivity index (χ1v) is 4.28. The van der Waals surface area contributed by atoms with Crippen molar-refractivity contribution in [3.05, 3.63) is 48.3 Å². The van der Waals surface area contributed by atoms with Crippen LogP contribution in [0.5, 0.6) is 0 Å². The van der Waals surface area contributed by atoms with E-state index >= 15 is 0 Å². The fourth-order valence-electron chi connectivity index (χ4n) is 1.31. The molecule has 0 radical (unpaired) electrons. The Balaban J connectivity index is 2.44. The molecule has 0 saturated heterocycles. The van der Waals surface area contributed by atoms with Crippen LogP contribution in [0, 0.1) is 5.82 Å². The van der Waals surface area contributed by atoms with Crippen molar-refractivity contribution >= 4 is 0 Å². The molecular formula is C10H10FN3. The molecule has 0 atom stereocenters. The standard InChI is InChI=1S/C10H10FN3/c11-8-1-3-9(4-2-8)14-7-13-6-10(14)5-12/h1-4,6-7H,5,12H2. The smallest absolute Gasteiger partial charge is 0.123 e. The van der Waals surface area contributed by atoms with Gasteiger partial charge < -0.3 is 10.3 Å². The van der Waals surface area contributed by atoms with Crippen LogP contribution < -0.4 is 5.73 Å². The highest BCUT2D eigenvalue weighted by Crippen LogP contribution is 2.11. The molecule has 0 spiro atoms. The fourth-order valence-corrected chi connectivity index (χ4v) is 1.31. The van der Waals surface area contributed by atoms with Crippen LogP contribution in [0.1, 0.15) is 5.69 Å². The van der Waals surface area contributed by atoms with Crippen molar-refractivity contribution in [2.24, 2.45) is 5.73 Å². The summed E-state index contributed by atoms with van der Waals surface area (Å²) in [6.07, 6.45) is 3.36. The zero-order valence-electron chi connectivity index (χ0n) is 7.52. The van der Waals surface area contributed by atoms with E-state index in [-0.39, 0.29) is 5.82 Å². The third-order valence-corrected chi connectivity index (χ3v) is 2.03. The molecule has 2 rings (SSSR count). The van der Waals surface area contributed by atoms with Gasteiger partial charge in [-0.3, -0.25) is 0 Å².